The number of carboxylic acids is 1. The second-order valence-electron chi connectivity index (χ2n) is 9.55. The lowest BCUT2D eigenvalue weighted by Crippen LogP contribution is -2.58. The fraction of sp³-hybridized carbons (Fsp3) is 0.423. The average Bonchev–Trinajstić information content (AvgIpc) is 3.45. The topological polar surface area (TPSA) is 287 Å². The quantitative estimate of drug-likeness (QED) is 0.0498. The maximum Gasteiger partial charge on any atom is 0.326 e. The largest absolute Gasteiger partial charge is 0.480 e. The second kappa shape index (κ2) is 17.0. The first kappa shape index (κ1) is 33.2. The standard InChI is InChI=1S/C26H38N10O6/c27-17(7-4-10-32-26(29)30)22(38)35-19(11-15-5-2-1-3-6-15)24(40)34-18(8-9-21(28)37)23(39)36-20(25(41)42)12-16-13-31-14-33-16/h1-3,5-6,13-14,17-20H,4,7-12,27H2,(H2,28,37)(H,31,33)(H,34,40)(H,35,38)(H,36,39)(H,41,42)(H4,29,30,32). The molecule has 0 aliphatic heterocycles. The number of amides is 4. The Hall–Kier alpha value is -4.99. The Morgan fingerprint density at radius 1 is 0.881 bits per heavy atom. The third kappa shape index (κ3) is 12.0. The van der Waals surface area contributed by atoms with Crippen LogP contribution in [0.1, 0.15) is 36.9 Å². The molecule has 2 aromatic rings. The van der Waals surface area contributed by atoms with Gasteiger partial charge in [0.1, 0.15) is 18.1 Å². The van der Waals surface area contributed by atoms with E-state index in [1.54, 1.807) is 30.3 Å². The highest BCUT2D eigenvalue weighted by Crippen LogP contribution is 2.08. The molecule has 1 aromatic heterocycles. The summed E-state index contributed by atoms with van der Waals surface area (Å²) < 4.78 is 0. The number of carbonyl (C=O) groups is 5. The van der Waals surface area contributed by atoms with Gasteiger partial charge in [-0.05, 0) is 24.8 Å². The van der Waals surface area contributed by atoms with Crippen LogP contribution in [0.5, 0.6) is 0 Å². The molecule has 1 aromatic carbocycles. The van der Waals surface area contributed by atoms with E-state index in [-0.39, 0.29) is 44.6 Å². The van der Waals surface area contributed by atoms with Crippen LogP contribution in [0, 0.1) is 0 Å². The summed E-state index contributed by atoms with van der Waals surface area (Å²) in [5.74, 6) is -4.34. The van der Waals surface area contributed by atoms with Crippen LogP contribution in [0.2, 0.25) is 0 Å². The van der Waals surface area contributed by atoms with Crippen molar-refractivity contribution >= 4 is 35.6 Å². The Labute approximate surface area is 242 Å². The molecule has 16 heteroatoms. The number of benzene rings is 1. The molecule has 0 bridgehead atoms. The number of carbonyl (C=O) groups excluding carboxylic acids is 4. The minimum absolute atomic E-state index is 0.0564. The van der Waals surface area contributed by atoms with Crippen molar-refractivity contribution in [2.24, 2.45) is 27.9 Å². The molecule has 0 aliphatic carbocycles. The molecule has 0 spiro atoms. The number of aliphatic carboxylic acids is 1. The number of nitrogens with one attached hydrogen (secondary N) is 4. The molecule has 0 radical (unpaired) electrons. The Bertz CT molecular complexity index is 1220. The van der Waals surface area contributed by atoms with E-state index in [1.807, 2.05) is 0 Å². The van der Waals surface area contributed by atoms with Crippen molar-refractivity contribution in [3.63, 3.8) is 0 Å². The summed E-state index contributed by atoms with van der Waals surface area (Å²) in [6, 6.07) is 3.99. The van der Waals surface area contributed by atoms with E-state index >= 15 is 0 Å². The summed E-state index contributed by atoms with van der Waals surface area (Å²) >= 11 is 0. The van der Waals surface area contributed by atoms with E-state index in [2.05, 4.69) is 30.9 Å². The number of primary amides is 1. The number of nitrogens with zero attached hydrogens (tertiary/aromatic N) is 2. The number of rotatable bonds is 18. The summed E-state index contributed by atoms with van der Waals surface area (Å²) in [7, 11) is 0. The smallest absolute Gasteiger partial charge is 0.326 e. The molecule has 4 amide bonds. The van der Waals surface area contributed by atoms with E-state index in [0.29, 0.717) is 17.7 Å². The first-order valence-electron chi connectivity index (χ1n) is 13.2. The van der Waals surface area contributed by atoms with Gasteiger partial charge >= 0.3 is 5.97 Å². The lowest BCUT2D eigenvalue weighted by atomic mass is 10.0. The number of imidazole rings is 1. The number of hydrogen-bond donors (Lipinski definition) is 9. The molecule has 0 aliphatic rings. The molecule has 16 nitrogen and oxygen atoms in total. The van der Waals surface area contributed by atoms with Crippen LogP contribution in [0.15, 0.2) is 47.8 Å². The molecular formula is C26H38N10O6. The van der Waals surface area contributed by atoms with Gasteiger partial charge in [0, 0.05) is 37.7 Å². The van der Waals surface area contributed by atoms with Gasteiger partial charge in [-0.3, -0.25) is 24.2 Å². The lowest BCUT2D eigenvalue weighted by molar-refractivity contribution is -0.142. The number of hydrogen-bond acceptors (Lipinski definition) is 8. The average molecular weight is 587 g/mol. The summed E-state index contributed by atoms with van der Waals surface area (Å²) in [5.41, 5.74) is 23.0. The van der Waals surface area contributed by atoms with Crippen LogP contribution in [-0.4, -0.2) is 81.3 Å². The molecule has 13 N–H and O–H groups in total. The monoisotopic (exact) mass is 586 g/mol. The fourth-order valence-corrected chi connectivity index (χ4v) is 3.90. The molecule has 228 valence electrons. The summed E-state index contributed by atoms with van der Waals surface area (Å²) in [5, 5.41) is 17.2. The van der Waals surface area contributed by atoms with Gasteiger partial charge in [-0.15, -0.1) is 0 Å². The molecule has 4 atom stereocenters. The maximum atomic E-state index is 13.4. The zero-order valence-corrected chi connectivity index (χ0v) is 23.0. The highest BCUT2D eigenvalue weighted by atomic mass is 16.4. The van der Waals surface area contributed by atoms with Crippen LogP contribution >= 0.6 is 0 Å². The van der Waals surface area contributed by atoms with Gasteiger partial charge < -0.3 is 49.0 Å². The number of guanidine groups is 1. The SMILES string of the molecule is NC(=O)CCC(NC(=O)C(Cc1ccccc1)NC(=O)C(N)CCCN=C(N)N)C(=O)NC(Cc1cnc[nH]1)C(=O)O. The third-order valence-electron chi connectivity index (χ3n) is 6.13. The Balaban J connectivity index is 2.18. The lowest BCUT2D eigenvalue weighted by Gasteiger charge is -2.25. The van der Waals surface area contributed by atoms with Crippen LogP contribution < -0.4 is 38.9 Å². The van der Waals surface area contributed by atoms with E-state index in [1.165, 1.54) is 12.5 Å². The molecule has 1 heterocycles. The number of aliphatic imine (C=N–C) groups is 1. The number of aromatic nitrogens is 2. The minimum atomic E-state index is -1.36. The van der Waals surface area contributed by atoms with Crippen molar-refractivity contribution in [2.45, 2.75) is 62.7 Å². The van der Waals surface area contributed by atoms with Gasteiger partial charge in [0.05, 0.1) is 12.4 Å². The first-order chi connectivity index (χ1) is 20.0. The van der Waals surface area contributed by atoms with Crippen LogP contribution in [-0.2, 0) is 36.8 Å². The van der Waals surface area contributed by atoms with Crippen LogP contribution in [0.4, 0.5) is 0 Å². The van der Waals surface area contributed by atoms with Crippen LogP contribution in [0.25, 0.3) is 0 Å². The minimum Gasteiger partial charge on any atom is -0.480 e. The number of nitrogens with two attached hydrogens (primary N) is 4. The Morgan fingerprint density at radius 3 is 2.12 bits per heavy atom. The van der Waals surface area contributed by atoms with Crippen molar-refractivity contribution in [1.82, 2.24) is 25.9 Å². The van der Waals surface area contributed by atoms with E-state index in [0.717, 1.165) is 0 Å². The summed E-state index contributed by atoms with van der Waals surface area (Å²) in [4.78, 5) is 73.2. The summed E-state index contributed by atoms with van der Waals surface area (Å²) in [6.45, 7) is 0.269. The van der Waals surface area contributed by atoms with Gasteiger partial charge in [0.25, 0.3) is 0 Å². The van der Waals surface area contributed by atoms with E-state index in [4.69, 9.17) is 22.9 Å². The highest BCUT2D eigenvalue weighted by Gasteiger charge is 2.31. The van der Waals surface area contributed by atoms with Crippen LogP contribution in [0.3, 0.4) is 0 Å². The zero-order chi connectivity index (χ0) is 31.1. The second-order valence-corrected chi connectivity index (χ2v) is 9.55. The van der Waals surface area contributed by atoms with Gasteiger partial charge in [-0.25, -0.2) is 9.78 Å². The molecule has 4 unspecified atom stereocenters. The molecule has 2 rings (SSSR count). The third-order valence-corrected chi connectivity index (χ3v) is 6.13. The predicted molar refractivity (Wildman–Crippen MR) is 152 cm³/mol. The predicted octanol–water partition coefficient (Wildman–Crippen LogP) is -2.62. The number of carboxylic acid groups (broad SMARTS) is 1. The molecule has 0 fully saturated rings. The number of aromatic amines is 1. The van der Waals surface area contributed by atoms with Gasteiger partial charge in [-0.1, -0.05) is 30.3 Å². The maximum absolute atomic E-state index is 13.4. The zero-order valence-electron chi connectivity index (χ0n) is 23.0. The Morgan fingerprint density at radius 2 is 1.52 bits per heavy atom. The normalized spacial score (nSPS) is 13.5. The molecular weight excluding hydrogens is 548 g/mol. The van der Waals surface area contributed by atoms with Crippen molar-refractivity contribution in [3.8, 4) is 0 Å². The molecule has 0 saturated heterocycles. The van der Waals surface area contributed by atoms with Gasteiger partial charge in [0.2, 0.25) is 23.6 Å². The van der Waals surface area contributed by atoms with Gasteiger partial charge in [-0.2, -0.15) is 0 Å². The van der Waals surface area contributed by atoms with Crippen molar-refractivity contribution in [1.29, 1.82) is 0 Å². The van der Waals surface area contributed by atoms with Crippen molar-refractivity contribution in [3.05, 3.63) is 54.1 Å². The van der Waals surface area contributed by atoms with Crippen molar-refractivity contribution in [2.75, 3.05) is 6.54 Å². The van der Waals surface area contributed by atoms with Crippen molar-refractivity contribution < 1.29 is 29.1 Å². The Kier molecular flexibility index (Phi) is 13.4. The molecule has 0 saturated carbocycles. The van der Waals surface area contributed by atoms with E-state index in [9.17, 15) is 29.1 Å². The first-order valence-corrected chi connectivity index (χ1v) is 13.2. The van der Waals surface area contributed by atoms with Gasteiger partial charge in [0.15, 0.2) is 5.96 Å². The summed E-state index contributed by atoms with van der Waals surface area (Å²) in [6.07, 6.45) is 2.90. The fourth-order valence-electron chi connectivity index (χ4n) is 3.90. The number of H-pyrrole nitrogens is 1. The van der Waals surface area contributed by atoms with E-state index < -0.39 is 53.8 Å². The molecule has 42 heavy (non-hydrogen) atoms. The highest BCUT2D eigenvalue weighted by molar-refractivity contribution is 5.94.